The first-order chi connectivity index (χ1) is 4.66. The molecule has 3 N–H and O–H groups in total. The van der Waals surface area contributed by atoms with E-state index in [1.165, 1.54) is 0 Å². The number of aliphatic hydroxyl groups excluding tert-OH is 3. The highest BCUT2D eigenvalue weighted by atomic mass is 16.5. The Balaban J connectivity index is 2.73. The summed E-state index contributed by atoms with van der Waals surface area (Å²) in [5, 5.41) is 26.5. The van der Waals surface area contributed by atoms with Crippen LogP contribution in [0.15, 0.2) is 11.5 Å². The van der Waals surface area contributed by atoms with Crippen LogP contribution in [-0.2, 0) is 4.74 Å². The van der Waals surface area contributed by atoms with Gasteiger partial charge in [0.15, 0.2) is 17.6 Å². The van der Waals surface area contributed by atoms with E-state index in [1.807, 2.05) is 0 Å². The van der Waals surface area contributed by atoms with Crippen molar-refractivity contribution in [2.75, 3.05) is 6.61 Å². The smallest absolute Gasteiger partial charge is 0.165 e. The highest BCUT2D eigenvalue weighted by molar-refractivity contribution is 5.13. The predicted molar refractivity (Wildman–Crippen MR) is 33.3 cm³/mol. The van der Waals surface area contributed by atoms with Crippen LogP contribution in [0, 0.1) is 0 Å². The Kier molecular flexibility index (Phi) is 1.82. The molecule has 0 bridgehead atoms. The van der Waals surface area contributed by atoms with Crippen LogP contribution in [-0.4, -0.2) is 34.1 Å². The summed E-state index contributed by atoms with van der Waals surface area (Å²) in [7, 11) is 0. The van der Waals surface area contributed by atoms with E-state index < -0.39 is 12.2 Å². The number of ether oxygens (including phenoxy) is 1. The third kappa shape index (κ3) is 0.955. The van der Waals surface area contributed by atoms with Crippen LogP contribution < -0.4 is 0 Å². The van der Waals surface area contributed by atoms with Crippen LogP contribution in [0.4, 0.5) is 0 Å². The van der Waals surface area contributed by atoms with Crippen molar-refractivity contribution >= 4 is 0 Å². The highest BCUT2D eigenvalue weighted by Crippen LogP contribution is 2.22. The van der Waals surface area contributed by atoms with Crippen molar-refractivity contribution in [3.05, 3.63) is 11.5 Å². The number of hydrogen-bond donors (Lipinski definition) is 3. The topological polar surface area (TPSA) is 69.9 Å². The van der Waals surface area contributed by atoms with Gasteiger partial charge in [-0.1, -0.05) is 0 Å². The van der Waals surface area contributed by atoms with Crippen LogP contribution in [0.5, 0.6) is 0 Å². The summed E-state index contributed by atoms with van der Waals surface area (Å²) in [4.78, 5) is 0. The summed E-state index contributed by atoms with van der Waals surface area (Å²) in [6.07, 6.45) is -1.44. The van der Waals surface area contributed by atoms with Crippen molar-refractivity contribution in [1.29, 1.82) is 0 Å². The van der Waals surface area contributed by atoms with Gasteiger partial charge in [0, 0.05) is 0 Å². The quantitative estimate of drug-likeness (QED) is 0.467. The van der Waals surface area contributed by atoms with Crippen molar-refractivity contribution in [2.45, 2.75) is 19.1 Å². The normalized spacial score (nSPS) is 32.7. The average Bonchev–Trinajstić information content (AvgIpc) is 2.17. The summed E-state index contributed by atoms with van der Waals surface area (Å²) in [6, 6.07) is 0. The van der Waals surface area contributed by atoms with E-state index in [0.717, 1.165) is 0 Å². The van der Waals surface area contributed by atoms with Gasteiger partial charge in [-0.15, -0.1) is 0 Å². The van der Waals surface area contributed by atoms with Crippen molar-refractivity contribution in [1.82, 2.24) is 0 Å². The maximum absolute atomic E-state index is 9.02. The summed E-state index contributed by atoms with van der Waals surface area (Å²) in [6.45, 7) is 1.25. The van der Waals surface area contributed by atoms with Crippen LogP contribution in [0.2, 0.25) is 0 Å². The zero-order chi connectivity index (χ0) is 7.72. The van der Waals surface area contributed by atoms with Crippen LogP contribution in [0.25, 0.3) is 0 Å². The van der Waals surface area contributed by atoms with Crippen molar-refractivity contribution in [3.63, 3.8) is 0 Å². The van der Waals surface area contributed by atoms with Crippen molar-refractivity contribution < 1.29 is 20.1 Å². The fraction of sp³-hybridized carbons (Fsp3) is 0.667. The highest BCUT2D eigenvalue weighted by Gasteiger charge is 2.31. The molecule has 0 radical (unpaired) electrons. The SMILES string of the molecule is C[C@@H]1OC(CO)=C(O)C1O. The third-order valence-electron chi connectivity index (χ3n) is 1.48. The summed E-state index contributed by atoms with van der Waals surface area (Å²) in [5.74, 6) is -0.185. The second-order valence-corrected chi connectivity index (χ2v) is 2.23. The Morgan fingerprint density at radius 1 is 1.60 bits per heavy atom. The van der Waals surface area contributed by atoms with Gasteiger partial charge >= 0.3 is 0 Å². The van der Waals surface area contributed by atoms with Gasteiger partial charge in [0.05, 0.1) is 0 Å². The van der Waals surface area contributed by atoms with Gasteiger partial charge in [-0.3, -0.25) is 0 Å². The molecule has 2 atom stereocenters. The van der Waals surface area contributed by atoms with Gasteiger partial charge in [0.2, 0.25) is 0 Å². The van der Waals surface area contributed by atoms with Crippen LogP contribution in [0.1, 0.15) is 6.92 Å². The first-order valence-electron chi connectivity index (χ1n) is 3.04. The van der Waals surface area contributed by atoms with E-state index in [2.05, 4.69) is 0 Å². The first-order valence-corrected chi connectivity index (χ1v) is 3.04. The largest absolute Gasteiger partial charge is 0.506 e. The maximum atomic E-state index is 9.02. The second kappa shape index (κ2) is 2.48. The molecule has 1 heterocycles. The zero-order valence-electron chi connectivity index (χ0n) is 5.61. The monoisotopic (exact) mass is 146 g/mol. The Bertz CT molecular complexity index is 163. The molecule has 4 nitrogen and oxygen atoms in total. The molecule has 1 aliphatic heterocycles. The molecule has 0 aromatic heterocycles. The van der Waals surface area contributed by atoms with E-state index in [9.17, 15) is 0 Å². The summed E-state index contributed by atoms with van der Waals surface area (Å²) in [5.41, 5.74) is 0. The van der Waals surface area contributed by atoms with Gasteiger partial charge in [0.25, 0.3) is 0 Å². The summed E-state index contributed by atoms with van der Waals surface area (Å²) >= 11 is 0. The lowest BCUT2D eigenvalue weighted by atomic mass is 10.2. The minimum absolute atomic E-state index is 0.0694. The molecule has 0 saturated heterocycles. The van der Waals surface area contributed by atoms with E-state index >= 15 is 0 Å². The lowest BCUT2D eigenvalue weighted by Crippen LogP contribution is -2.19. The average molecular weight is 146 g/mol. The predicted octanol–water partition coefficient (Wildman–Crippen LogP) is -0.472. The molecule has 1 unspecified atom stereocenters. The van der Waals surface area contributed by atoms with Crippen molar-refractivity contribution in [2.24, 2.45) is 0 Å². The minimum Gasteiger partial charge on any atom is -0.506 e. The fourth-order valence-electron chi connectivity index (χ4n) is 0.855. The lowest BCUT2D eigenvalue weighted by Gasteiger charge is -2.07. The molecule has 1 rings (SSSR count). The summed E-state index contributed by atoms with van der Waals surface area (Å²) < 4.78 is 4.86. The molecule has 1 aliphatic rings. The molecule has 10 heavy (non-hydrogen) atoms. The zero-order valence-corrected chi connectivity index (χ0v) is 5.61. The Labute approximate surface area is 58.4 Å². The fourth-order valence-corrected chi connectivity index (χ4v) is 0.855. The molecular weight excluding hydrogens is 136 g/mol. The van der Waals surface area contributed by atoms with Crippen LogP contribution in [0.3, 0.4) is 0 Å². The maximum Gasteiger partial charge on any atom is 0.165 e. The molecular formula is C6H10O4. The van der Waals surface area contributed by atoms with E-state index in [1.54, 1.807) is 6.92 Å². The molecule has 4 heteroatoms. The molecule has 0 spiro atoms. The minimum atomic E-state index is -0.984. The molecule has 0 aliphatic carbocycles. The van der Waals surface area contributed by atoms with Crippen LogP contribution >= 0.6 is 0 Å². The molecule has 0 aromatic carbocycles. The molecule has 0 saturated carbocycles. The Morgan fingerprint density at radius 3 is 2.40 bits per heavy atom. The Morgan fingerprint density at radius 2 is 2.20 bits per heavy atom. The lowest BCUT2D eigenvalue weighted by molar-refractivity contribution is 0.0451. The third-order valence-corrected chi connectivity index (χ3v) is 1.48. The van der Waals surface area contributed by atoms with Crippen molar-refractivity contribution in [3.8, 4) is 0 Å². The number of hydrogen-bond acceptors (Lipinski definition) is 4. The molecule has 0 amide bonds. The van der Waals surface area contributed by atoms with Gasteiger partial charge < -0.3 is 20.1 Å². The van der Waals surface area contributed by atoms with Gasteiger partial charge in [-0.05, 0) is 6.92 Å². The number of rotatable bonds is 1. The molecule has 0 aromatic rings. The van der Waals surface area contributed by atoms with E-state index in [-0.39, 0.29) is 18.1 Å². The van der Waals surface area contributed by atoms with Gasteiger partial charge in [0.1, 0.15) is 12.7 Å². The Hall–Kier alpha value is -0.740. The van der Waals surface area contributed by atoms with E-state index in [0.29, 0.717) is 0 Å². The molecule has 0 fully saturated rings. The molecule has 58 valence electrons. The van der Waals surface area contributed by atoms with E-state index in [4.69, 9.17) is 20.1 Å². The van der Waals surface area contributed by atoms with Gasteiger partial charge in [-0.25, -0.2) is 0 Å². The number of aliphatic hydroxyl groups is 3. The second-order valence-electron chi connectivity index (χ2n) is 2.23. The van der Waals surface area contributed by atoms with Gasteiger partial charge in [-0.2, -0.15) is 0 Å². The first kappa shape index (κ1) is 7.37. The standard InChI is InChI=1S/C6H10O4/c1-3-5(8)6(9)4(2-7)10-3/h3,5,7-9H,2H2,1H3/t3-,5?/m0/s1.